The van der Waals surface area contributed by atoms with E-state index in [2.05, 4.69) is 10.6 Å². The van der Waals surface area contributed by atoms with Gasteiger partial charge in [-0.25, -0.2) is 8.42 Å². The summed E-state index contributed by atoms with van der Waals surface area (Å²) in [6.45, 7) is 5.24. The average molecular weight is 276 g/mol. The highest BCUT2D eigenvalue weighted by Gasteiger charge is 2.30. The molecule has 1 atom stereocenters. The molecule has 6 heteroatoms. The van der Waals surface area contributed by atoms with E-state index in [0.717, 1.165) is 19.4 Å². The highest BCUT2D eigenvalue weighted by molar-refractivity contribution is 7.92. The zero-order chi connectivity index (χ0) is 13.6. The smallest absolute Gasteiger partial charge is 0.235 e. The van der Waals surface area contributed by atoms with Crippen molar-refractivity contribution in [2.24, 2.45) is 0 Å². The molecule has 18 heavy (non-hydrogen) atoms. The molecule has 0 radical (unpaired) electrons. The number of likely N-dealkylation sites (N-methyl/N-ethyl adjacent to an activating group) is 1. The van der Waals surface area contributed by atoms with Crippen LogP contribution in [0.25, 0.3) is 0 Å². The van der Waals surface area contributed by atoms with Crippen molar-refractivity contribution in [3.8, 4) is 0 Å². The van der Waals surface area contributed by atoms with Gasteiger partial charge in [0.2, 0.25) is 5.91 Å². The Labute approximate surface area is 110 Å². The molecule has 1 aliphatic carbocycles. The summed E-state index contributed by atoms with van der Waals surface area (Å²) < 4.78 is 23.9. The first kappa shape index (κ1) is 15.4. The van der Waals surface area contributed by atoms with E-state index < -0.39 is 9.84 Å². The zero-order valence-corrected chi connectivity index (χ0v) is 12.1. The summed E-state index contributed by atoms with van der Waals surface area (Å²) in [6, 6.07) is 0.160. The minimum atomic E-state index is -3.25. The Morgan fingerprint density at radius 2 is 1.94 bits per heavy atom. The maximum atomic E-state index is 11.9. The Bertz CT molecular complexity index is 362. The zero-order valence-electron chi connectivity index (χ0n) is 11.2. The molecule has 0 heterocycles. The highest BCUT2D eigenvalue weighted by Crippen LogP contribution is 2.24. The first-order chi connectivity index (χ1) is 8.45. The average Bonchev–Trinajstić information content (AvgIpc) is 2.80. The second kappa shape index (κ2) is 7.09. The predicted molar refractivity (Wildman–Crippen MR) is 72.2 cm³/mol. The SMILES string of the molecule is CCN[C@H](C)CNC(=O)CS(=O)(=O)C1CCCC1. The number of rotatable bonds is 7. The van der Waals surface area contributed by atoms with Gasteiger partial charge in [0.25, 0.3) is 0 Å². The highest BCUT2D eigenvalue weighted by atomic mass is 32.2. The third-order valence-corrected chi connectivity index (χ3v) is 5.45. The van der Waals surface area contributed by atoms with Crippen LogP contribution in [0.4, 0.5) is 0 Å². The Hall–Kier alpha value is -0.620. The van der Waals surface area contributed by atoms with Gasteiger partial charge in [-0.3, -0.25) is 4.79 Å². The van der Waals surface area contributed by atoms with E-state index in [1.165, 1.54) is 0 Å². The van der Waals surface area contributed by atoms with Crippen LogP contribution in [0.2, 0.25) is 0 Å². The lowest BCUT2D eigenvalue weighted by Crippen LogP contribution is -2.41. The van der Waals surface area contributed by atoms with Crippen molar-refractivity contribution in [1.82, 2.24) is 10.6 Å². The fourth-order valence-corrected chi connectivity index (χ4v) is 4.04. The minimum absolute atomic E-state index is 0.160. The largest absolute Gasteiger partial charge is 0.354 e. The maximum absolute atomic E-state index is 11.9. The van der Waals surface area contributed by atoms with Crippen LogP contribution in [-0.2, 0) is 14.6 Å². The van der Waals surface area contributed by atoms with Gasteiger partial charge in [-0.2, -0.15) is 0 Å². The number of hydrogen-bond donors (Lipinski definition) is 2. The van der Waals surface area contributed by atoms with Gasteiger partial charge in [0.1, 0.15) is 5.75 Å². The van der Waals surface area contributed by atoms with Gasteiger partial charge in [-0.1, -0.05) is 19.8 Å². The summed E-state index contributed by atoms with van der Waals surface area (Å²) in [5.41, 5.74) is 0. The molecular formula is C12H24N2O3S. The summed E-state index contributed by atoms with van der Waals surface area (Å²) in [6.07, 6.45) is 3.35. The third-order valence-electron chi connectivity index (χ3n) is 3.30. The molecule has 1 saturated carbocycles. The molecule has 0 aromatic carbocycles. The quantitative estimate of drug-likeness (QED) is 0.708. The number of sulfone groups is 1. The predicted octanol–water partition coefficient (Wildman–Crippen LogP) is 0.458. The van der Waals surface area contributed by atoms with Crippen LogP contribution in [-0.4, -0.2) is 44.5 Å². The van der Waals surface area contributed by atoms with Crippen LogP contribution in [0.1, 0.15) is 39.5 Å². The lowest BCUT2D eigenvalue weighted by atomic mass is 10.3. The molecule has 1 amide bonds. The van der Waals surface area contributed by atoms with E-state index in [1.54, 1.807) is 0 Å². The molecule has 1 rings (SSSR count). The number of hydrogen-bond acceptors (Lipinski definition) is 4. The molecule has 0 saturated heterocycles. The Kier molecular flexibility index (Phi) is 6.08. The summed E-state index contributed by atoms with van der Waals surface area (Å²) in [5.74, 6) is -0.747. The summed E-state index contributed by atoms with van der Waals surface area (Å²) in [4.78, 5) is 11.6. The van der Waals surface area contributed by atoms with Gasteiger partial charge in [0.05, 0.1) is 5.25 Å². The van der Waals surface area contributed by atoms with E-state index in [0.29, 0.717) is 19.4 Å². The van der Waals surface area contributed by atoms with E-state index in [9.17, 15) is 13.2 Å². The van der Waals surface area contributed by atoms with E-state index in [4.69, 9.17) is 0 Å². The molecule has 5 nitrogen and oxygen atoms in total. The summed E-state index contributed by atoms with van der Waals surface area (Å²) >= 11 is 0. The lowest BCUT2D eigenvalue weighted by molar-refractivity contribution is -0.118. The minimum Gasteiger partial charge on any atom is -0.354 e. The van der Waals surface area contributed by atoms with E-state index in [-0.39, 0.29) is 23.0 Å². The van der Waals surface area contributed by atoms with Crippen molar-refractivity contribution in [3.63, 3.8) is 0 Å². The van der Waals surface area contributed by atoms with Crippen molar-refractivity contribution in [1.29, 1.82) is 0 Å². The second-order valence-electron chi connectivity index (χ2n) is 4.98. The van der Waals surface area contributed by atoms with Crippen LogP contribution in [0, 0.1) is 0 Å². The van der Waals surface area contributed by atoms with Crippen LogP contribution < -0.4 is 10.6 Å². The van der Waals surface area contributed by atoms with Crippen LogP contribution in [0.5, 0.6) is 0 Å². The van der Waals surface area contributed by atoms with E-state index in [1.807, 2.05) is 13.8 Å². The molecule has 2 N–H and O–H groups in total. The van der Waals surface area contributed by atoms with Crippen molar-refractivity contribution in [2.45, 2.75) is 50.8 Å². The normalized spacial score (nSPS) is 18.8. The van der Waals surface area contributed by atoms with Crippen LogP contribution >= 0.6 is 0 Å². The van der Waals surface area contributed by atoms with Gasteiger partial charge in [0, 0.05) is 12.6 Å². The molecule has 0 unspecified atom stereocenters. The fourth-order valence-electron chi connectivity index (χ4n) is 2.29. The number of carbonyl (C=O) groups is 1. The molecule has 1 fully saturated rings. The summed E-state index contributed by atoms with van der Waals surface area (Å²) in [5, 5.41) is 5.52. The first-order valence-corrected chi connectivity index (χ1v) is 8.39. The van der Waals surface area contributed by atoms with Gasteiger partial charge < -0.3 is 10.6 Å². The lowest BCUT2D eigenvalue weighted by Gasteiger charge is -2.14. The Morgan fingerprint density at radius 3 is 2.50 bits per heavy atom. The number of amides is 1. The molecule has 0 aliphatic heterocycles. The van der Waals surface area contributed by atoms with Gasteiger partial charge >= 0.3 is 0 Å². The van der Waals surface area contributed by atoms with Gasteiger partial charge in [-0.05, 0) is 26.3 Å². The van der Waals surface area contributed by atoms with E-state index >= 15 is 0 Å². The fraction of sp³-hybridized carbons (Fsp3) is 0.917. The first-order valence-electron chi connectivity index (χ1n) is 6.67. The van der Waals surface area contributed by atoms with Gasteiger partial charge in [-0.15, -0.1) is 0 Å². The monoisotopic (exact) mass is 276 g/mol. The van der Waals surface area contributed by atoms with Crippen molar-refractivity contribution in [3.05, 3.63) is 0 Å². The standard InChI is InChI=1S/C12H24N2O3S/c1-3-13-10(2)8-14-12(15)9-18(16,17)11-6-4-5-7-11/h10-11,13H,3-9H2,1-2H3,(H,14,15)/t10-/m1/s1. The van der Waals surface area contributed by atoms with Gasteiger partial charge in [0.15, 0.2) is 9.84 Å². The topological polar surface area (TPSA) is 75.3 Å². The molecule has 106 valence electrons. The van der Waals surface area contributed by atoms with Crippen molar-refractivity contribution in [2.75, 3.05) is 18.8 Å². The Morgan fingerprint density at radius 1 is 1.33 bits per heavy atom. The van der Waals surface area contributed by atoms with Crippen LogP contribution in [0.3, 0.4) is 0 Å². The molecule has 1 aliphatic rings. The molecule has 0 aromatic rings. The third kappa shape index (κ3) is 4.94. The molecule has 0 aromatic heterocycles. The van der Waals surface area contributed by atoms with Crippen molar-refractivity contribution >= 4 is 15.7 Å². The molecule has 0 spiro atoms. The Balaban J connectivity index is 2.35. The summed E-state index contributed by atoms with van der Waals surface area (Å²) in [7, 11) is -3.25. The number of nitrogens with one attached hydrogen (secondary N) is 2. The second-order valence-corrected chi connectivity index (χ2v) is 7.26. The molecule has 0 bridgehead atoms. The van der Waals surface area contributed by atoms with Crippen molar-refractivity contribution < 1.29 is 13.2 Å². The van der Waals surface area contributed by atoms with Crippen LogP contribution in [0.15, 0.2) is 0 Å². The molecular weight excluding hydrogens is 252 g/mol. The number of carbonyl (C=O) groups excluding carboxylic acids is 1. The maximum Gasteiger partial charge on any atom is 0.235 e.